The van der Waals surface area contributed by atoms with Crippen molar-refractivity contribution in [3.8, 4) is 5.75 Å². The molecular formula is C16H16FNO5. The molecule has 0 aliphatic rings. The van der Waals surface area contributed by atoms with E-state index in [9.17, 15) is 14.0 Å². The van der Waals surface area contributed by atoms with Crippen LogP contribution in [-0.2, 0) is 0 Å². The maximum Gasteiger partial charge on any atom is 0.338 e. The minimum absolute atomic E-state index is 0.0944. The zero-order chi connectivity index (χ0) is 16.8. The predicted octanol–water partition coefficient (Wildman–Crippen LogP) is 2.70. The summed E-state index contributed by atoms with van der Waals surface area (Å²) in [4.78, 5) is 22.6. The van der Waals surface area contributed by atoms with Crippen molar-refractivity contribution in [1.29, 1.82) is 0 Å². The van der Waals surface area contributed by atoms with E-state index >= 15 is 0 Å². The molecule has 1 amide bonds. The SMILES string of the molecule is CCC(CNC(=O)c1cc(C(=O)O)co1)Oc1cccc(F)c1. The maximum atomic E-state index is 13.1. The van der Waals surface area contributed by atoms with Crippen LogP contribution in [-0.4, -0.2) is 29.6 Å². The van der Waals surface area contributed by atoms with Gasteiger partial charge in [-0.25, -0.2) is 9.18 Å². The number of carboxylic acid groups (broad SMARTS) is 1. The molecule has 2 aromatic rings. The van der Waals surface area contributed by atoms with E-state index < -0.39 is 17.7 Å². The van der Waals surface area contributed by atoms with Gasteiger partial charge in [0.25, 0.3) is 5.91 Å². The zero-order valence-corrected chi connectivity index (χ0v) is 12.4. The normalized spacial score (nSPS) is 11.7. The van der Waals surface area contributed by atoms with Crippen molar-refractivity contribution in [2.75, 3.05) is 6.54 Å². The lowest BCUT2D eigenvalue weighted by Gasteiger charge is -2.17. The first kappa shape index (κ1) is 16.5. The molecule has 0 fully saturated rings. The molecule has 2 rings (SSSR count). The molecule has 0 radical (unpaired) electrons. The summed E-state index contributed by atoms with van der Waals surface area (Å²) < 4.78 is 23.6. The quantitative estimate of drug-likeness (QED) is 0.818. The van der Waals surface area contributed by atoms with Crippen molar-refractivity contribution >= 4 is 11.9 Å². The molecule has 1 aromatic heterocycles. The number of ether oxygens (including phenoxy) is 1. The molecule has 6 nitrogen and oxygen atoms in total. The lowest BCUT2D eigenvalue weighted by molar-refractivity contribution is 0.0696. The summed E-state index contributed by atoms with van der Waals surface area (Å²) in [5.74, 6) is -1.84. The second-order valence-electron chi connectivity index (χ2n) is 4.82. The topological polar surface area (TPSA) is 88.8 Å². The fourth-order valence-electron chi connectivity index (χ4n) is 1.86. The van der Waals surface area contributed by atoms with Gasteiger partial charge in [-0.15, -0.1) is 0 Å². The van der Waals surface area contributed by atoms with Gasteiger partial charge >= 0.3 is 5.97 Å². The lowest BCUT2D eigenvalue weighted by Crippen LogP contribution is -2.34. The van der Waals surface area contributed by atoms with Gasteiger partial charge in [0.15, 0.2) is 5.76 Å². The van der Waals surface area contributed by atoms with E-state index in [1.165, 1.54) is 18.2 Å². The number of aromatic carboxylic acids is 1. The number of nitrogens with one attached hydrogen (secondary N) is 1. The number of amides is 1. The molecule has 0 saturated carbocycles. The summed E-state index contributed by atoms with van der Waals surface area (Å²) >= 11 is 0. The van der Waals surface area contributed by atoms with Crippen LogP contribution in [0.25, 0.3) is 0 Å². The standard InChI is InChI=1S/C16H16FNO5/c1-2-12(23-13-5-3-4-11(17)7-13)8-18-15(19)14-6-10(9-22-14)16(20)21/h3-7,9,12H,2,8H2,1H3,(H,18,19)(H,20,21). The molecule has 0 saturated heterocycles. The number of benzene rings is 1. The predicted molar refractivity (Wildman–Crippen MR) is 79.1 cm³/mol. The summed E-state index contributed by atoms with van der Waals surface area (Å²) in [5.41, 5.74) is -0.0989. The lowest BCUT2D eigenvalue weighted by atomic mass is 10.2. The van der Waals surface area contributed by atoms with Gasteiger partial charge in [0.1, 0.15) is 23.9 Å². The highest BCUT2D eigenvalue weighted by Gasteiger charge is 2.16. The highest BCUT2D eigenvalue weighted by Crippen LogP contribution is 2.15. The fraction of sp³-hybridized carbons (Fsp3) is 0.250. The largest absolute Gasteiger partial charge is 0.489 e. The van der Waals surface area contributed by atoms with Crippen LogP contribution in [0.4, 0.5) is 4.39 Å². The van der Waals surface area contributed by atoms with E-state index in [-0.39, 0.29) is 24.0 Å². The van der Waals surface area contributed by atoms with Gasteiger partial charge in [-0.3, -0.25) is 4.79 Å². The molecule has 2 N–H and O–H groups in total. The number of carbonyl (C=O) groups is 2. The van der Waals surface area contributed by atoms with Crippen LogP contribution in [0, 0.1) is 5.82 Å². The molecule has 122 valence electrons. The molecule has 0 bridgehead atoms. The summed E-state index contributed by atoms with van der Waals surface area (Å²) in [7, 11) is 0. The molecular weight excluding hydrogens is 305 g/mol. The first-order chi connectivity index (χ1) is 11.0. The van der Waals surface area contributed by atoms with Crippen LogP contribution in [0.15, 0.2) is 41.0 Å². The van der Waals surface area contributed by atoms with Gasteiger partial charge < -0.3 is 19.6 Å². The van der Waals surface area contributed by atoms with Gasteiger partial charge in [0.2, 0.25) is 0 Å². The van der Waals surface area contributed by atoms with Gasteiger partial charge in [-0.2, -0.15) is 0 Å². The van der Waals surface area contributed by atoms with Crippen LogP contribution < -0.4 is 10.1 Å². The Morgan fingerprint density at radius 1 is 1.39 bits per heavy atom. The third-order valence-electron chi connectivity index (χ3n) is 3.11. The van der Waals surface area contributed by atoms with Gasteiger partial charge in [0.05, 0.1) is 12.1 Å². The molecule has 23 heavy (non-hydrogen) atoms. The molecule has 7 heteroatoms. The summed E-state index contributed by atoms with van der Waals surface area (Å²) in [5, 5.41) is 11.4. The average molecular weight is 321 g/mol. The molecule has 1 heterocycles. The van der Waals surface area contributed by atoms with E-state index in [2.05, 4.69) is 5.32 Å². The molecule has 1 unspecified atom stereocenters. The third kappa shape index (κ3) is 4.57. The number of hydrogen-bond acceptors (Lipinski definition) is 4. The number of carboxylic acids is 1. The second kappa shape index (κ2) is 7.44. The molecule has 0 spiro atoms. The Balaban J connectivity index is 1.91. The maximum absolute atomic E-state index is 13.1. The number of hydrogen-bond donors (Lipinski definition) is 2. The van der Waals surface area contributed by atoms with Crippen molar-refractivity contribution in [1.82, 2.24) is 5.32 Å². The highest BCUT2D eigenvalue weighted by atomic mass is 19.1. The summed E-state index contributed by atoms with van der Waals surface area (Å²) in [6.07, 6.45) is 1.24. The Hall–Kier alpha value is -2.83. The van der Waals surface area contributed by atoms with Crippen LogP contribution in [0.2, 0.25) is 0 Å². The van der Waals surface area contributed by atoms with Gasteiger partial charge in [-0.1, -0.05) is 13.0 Å². The van der Waals surface area contributed by atoms with Crippen molar-refractivity contribution in [3.05, 3.63) is 53.7 Å². The van der Waals surface area contributed by atoms with Crippen molar-refractivity contribution < 1.29 is 28.2 Å². The van der Waals surface area contributed by atoms with Gasteiger partial charge in [0, 0.05) is 12.1 Å². The van der Waals surface area contributed by atoms with Crippen molar-refractivity contribution in [2.45, 2.75) is 19.4 Å². The highest BCUT2D eigenvalue weighted by molar-refractivity contribution is 5.95. The minimum atomic E-state index is -1.17. The Kier molecular flexibility index (Phi) is 5.35. The van der Waals surface area contributed by atoms with Crippen LogP contribution in [0.3, 0.4) is 0 Å². The average Bonchev–Trinajstić information content (AvgIpc) is 3.01. The third-order valence-corrected chi connectivity index (χ3v) is 3.11. The zero-order valence-electron chi connectivity index (χ0n) is 12.4. The molecule has 0 aliphatic carbocycles. The van der Waals surface area contributed by atoms with E-state index in [0.29, 0.717) is 12.2 Å². The number of rotatable bonds is 7. The minimum Gasteiger partial charge on any atom is -0.489 e. The Morgan fingerprint density at radius 3 is 2.78 bits per heavy atom. The smallest absolute Gasteiger partial charge is 0.338 e. The number of halogens is 1. The molecule has 1 atom stereocenters. The molecule has 1 aromatic carbocycles. The van der Waals surface area contributed by atoms with E-state index in [0.717, 1.165) is 12.3 Å². The first-order valence-corrected chi connectivity index (χ1v) is 7.02. The van der Waals surface area contributed by atoms with E-state index in [1.807, 2.05) is 6.92 Å². The monoisotopic (exact) mass is 321 g/mol. The van der Waals surface area contributed by atoms with E-state index in [1.54, 1.807) is 6.07 Å². The van der Waals surface area contributed by atoms with Crippen LogP contribution in [0.1, 0.15) is 34.3 Å². The van der Waals surface area contributed by atoms with Crippen LogP contribution >= 0.6 is 0 Å². The fourth-order valence-corrected chi connectivity index (χ4v) is 1.86. The Morgan fingerprint density at radius 2 is 2.17 bits per heavy atom. The summed E-state index contributed by atoms with van der Waals surface area (Å²) in [6, 6.07) is 6.88. The first-order valence-electron chi connectivity index (χ1n) is 7.02. The molecule has 0 aliphatic heterocycles. The van der Waals surface area contributed by atoms with Crippen LogP contribution in [0.5, 0.6) is 5.75 Å². The van der Waals surface area contributed by atoms with Gasteiger partial charge in [-0.05, 0) is 18.6 Å². The second-order valence-corrected chi connectivity index (χ2v) is 4.82. The summed E-state index contributed by atoms with van der Waals surface area (Å²) in [6.45, 7) is 2.04. The number of carbonyl (C=O) groups excluding carboxylic acids is 1. The van der Waals surface area contributed by atoms with E-state index in [4.69, 9.17) is 14.3 Å². The Bertz CT molecular complexity index is 697. The number of furan rings is 1. The Labute approximate surface area is 131 Å². The van der Waals surface area contributed by atoms with Crippen molar-refractivity contribution in [2.24, 2.45) is 0 Å². The van der Waals surface area contributed by atoms with Crippen molar-refractivity contribution in [3.63, 3.8) is 0 Å².